The molecule has 1 aromatic rings. The van der Waals surface area contributed by atoms with E-state index >= 15 is 0 Å². The number of amides is 1. The maximum absolute atomic E-state index is 12.7. The van der Waals surface area contributed by atoms with Crippen LogP contribution in [-0.4, -0.2) is 30.2 Å². The first-order chi connectivity index (χ1) is 9.63. The van der Waals surface area contributed by atoms with Gasteiger partial charge >= 0.3 is 0 Å². The first-order valence-electron chi connectivity index (χ1n) is 6.75. The Morgan fingerprint density at radius 1 is 1.20 bits per heavy atom. The molecule has 3 rings (SSSR count). The molecule has 2 heterocycles. The second-order valence-electron chi connectivity index (χ2n) is 4.92. The summed E-state index contributed by atoms with van der Waals surface area (Å²) in [5.41, 5.74) is 3.43. The molecule has 0 saturated carbocycles. The van der Waals surface area contributed by atoms with E-state index in [1.54, 1.807) is 4.90 Å². The van der Waals surface area contributed by atoms with Gasteiger partial charge < -0.3 is 9.80 Å². The van der Waals surface area contributed by atoms with Crippen molar-refractivity contribution in [3.8, 4) is 0 Å². The predicted octanol–water partition coefficient (Wildman–Crippen LogP) is 2.86. The molecule has 2 aliphatic heterocycles. The Balaban J connectivity index is 2.25. The number of carbonyl (C=O) groups excluding carboxylic acids is 1. The summed E-state index contributed by atoms with van der Waals surface area (Å²) >= 11 is 0. The Morgan fingerprint density at radius 3 is 2.70 bits per heavy atom. The van der Waals surface area contributed by atoms with E-state index in [-0.39, 0.29) is 5.91 Å². The zero-order valence-corrected chi connectivity index (χ0v) is 11.9. The molecule has 2 aliphatic rings. The lowest BCUT2D eigenvalue weighted by molar-refractivity contribution is -0.114. The molecule has 4 heteroatoms. The fourth-order valence-corrected chi connectivity index (χ4v) is 2.51. The van der Waals surface area contributed by atoms with Crippen LogP contribution in [0, 0.1) is 0 Å². The number of fused-ring (bicyclic) bond motifs is 2. The van der Waals surface area contributed by atoms with Crippen molar-refractivity contribution in [3.05, 3.63) is 47.7 Å². The average Bonchev–Trinajstić information content (AvgIpc) is 2.57. The third kappa shape index (κ3) is 1.76. The van der Waals surface area contributed by atoms with Crippen LogP contribution in [0.5, 0.6) is 0 Å². The van der Waals surface area contributed by atoms with Crippen molar-refractivity contribution in [3.63, 3.8) is 0 Å². The highest BCUT2D eigenvalue weighted by molar-refractivity contribution is 6.28. The lowest BCUT2D eigenvalue weighted by Gasteiger charge is -2.27. The lowest BCUT2D eigenvalue weighted by Crippen LogP contribution is -2.38. The zero-order chi connectivity index (χ0) is 14.3. The normalized spacial score (nSPS) is 17.8. The number of hydrogen-bond donors (Lipinski definition) is 0. The minimum atomic E-state index is 0.00630. The molecular formula is C16H17N3O. The minimum absolute atomic E-state index is 0.00630. The number of nitrogens with zero attached hydrogens (tertiary/aromatic N) is 3. The molecule has 0 atom stereocenters. The molecule has 102 valence electrons. The fraction of sp³-hybridized carbons (Fsp3) is 0.250. The Bertz CT molecular complexity index is 670. The number of aliphatic imine (C=N–C) groups is 1. The zero-order valence-electron chi connectivity index (χ0n) is 11.9. The summed E-state index contributed by atoms with van der Waals surface area (Å²) in [4.78, 5) is 21.2. The van der Waals surface area contributed by atoms with E-state index in [4.69, 9.17) is 4.99 Å². The Kier molecular flexibility index (Phi) is 2.93. The molecule has 0 fully saturated rings. The molecule has 0 unspecified atom stereocenters. The molecule has 0 saturated heterocycles. The highest BCUT2D eigenvalue weighted by Gasteiger charge is 2.31. The minimum Gasteiger partial charge on any atom is -0.333 e. The topological polar surface area (TPSA) is 35.9 Å². The highest BCUT2D eigenvalue weighted by atomic mass is 16.2. The van der Waals surface area contributed by atoms with Crippen LogP contribution in [0.3, 0.4) is 0 Å². The fourth-order valence-electron chi connectivity index (χ4n) is 2.51. The molecule has 1 aromatic carbocycles. The van der Waals surface area contributed by atoms with Crippen LogP contribution in [0.4, 0.5) is 11.4 Å². The molecule has 0 N–H and O–H groups in total. The average molecular weight is 267 g/mol. The van der Waals surface area contributed by atoms with Crippen molar-refractivity contribution in [2.75, 3.05) is 18.5 Å². The van der Waals surface area contributed by atoms with Crippen LogP contribution in [0.1, 0.15) is 13.8 Å². The number of benzene rings is 1. The van der Waals surface area contributed by atoms with Gasteiger partial charge in [-0.25, -0.2) is 4.99 Å². The molecule has 0 aromatic heterocycles. The largest absolute Gasteiger partial charge is 0.333 e. The number of likely N-dealkylation sites (N-methyl/N-ethyl adjacent to an activating group) is 2. The van der Waals surface area contributed by atoms with Crippen molar-refractivity contribution in [1.82, 2.24) is 4.90 Å². The monoisotopic (exact) mass is 267 g/mol. The molecule has 0 bridgehead atoms. The third-order valence-corrected chi connectivity index (χ3v) is 3.77. The summed E-state index contributed by atoms with van der Waals surface area (Å²) in [7, 11) is 1.94. The maximum atomic E-state index is 12.7. The summed E-state index contributed by atoms with van der Waals surface area (Å²) in [6.07, 6.45) is 3.82. The van der Waals surface area contributed by atoms with Gasteiger partial charge in [0.1, 0.15) is 5.84 Å². The van der Waals surface area contributed by atoms with E-state index in [2.05, 4.69) is 0 Å². The quantitative estimate of drug-likeness (QED) is 0.784. The van der Waals surface area contributed by atoms with E-state index in [1.807, 2.05) is 62.2 Å². The van der Waals surface area contributed by atoms with Crippen LogP contribution in [-0.2, 0) is 4.79 Å². The maximum Gasteiger partial charge on any atom is 0.262 e. The highest BCUT2D eigenvalue weighted by Crippen LogP contribution is 2.34. The van der Waals surface area contributed by atoms with Gasteiger partial charge in [0, 0.05) is 19.3 Å². The molecule has 4 nitrogen and oxygen atoms in total. The van der Waals surface area contributed by atoms with Crippen LogP contribution < -0.4 is 4.90 Å². The number of allylic oxidation sites excluding steroid dienone is 3. The van der Waals surface area contributed by atoms with E-state index in [0.717, 1.165) is 22.9 Å². The van der Waals surface area contributed by atoms with Gasteiger partial charge in [0.05, 0.1) is 16.9 Å². The standard InChI is InChI=1S/C16H17N3O/c1-4-19-14-8-6-5-7-13(14)17-15-12(16(19)20)10-9-11(2)18(15)3/h5-10H,4H2,1-3H3. The number of para-hydroxylation sites is 2. The van der Waals surface area contributed by atoms with E-state index < -0.39 is 0 Å². The van der Waals surface area contributed by atoms with E-state index in [9.17, 15) is 4.79 Å². The van der Waals surface area contributed by atoms with Gasteiger partial charge in [-0.15, -0.1) is 0 Å². The van der Waals surface area contributed by atoms with Gasteiger partial charge in [0.25, 0.3) is 5.91 Å². The molecule has 0 aliphatic carbocycles. The van der Waals surface area contributed by atoms with Crippen molar-refractivity contribution < 1.29 is 4.79 Å². The first kappa shape index (κ1) is 12.7. The molecule has 0 radical (unpaired) electrons. The second-order valence-corrected chi connectivity index (χ2v) is 4.92. The van der Waals surface area contributed by atoms with Gasteiger partial charge in [-0.1, -0.05) is 12.1 Å². The predicted molar refractivity (Wildman–Crippen MR) is 81.2 cm³/mol. The van der Waals surface area contributed by atoms with Crippen LogP contribution in [0.2, 0.25) is 0 Å². The second kappa shape index (κ2) is 4.63. The number of carbonyl (C=O) groups is 1. The van der Waals surface area contributed by atoms with Crippen LogP contribution in [0.25, 0.3) is 0 Å². The smallest absolute Gasteiger partial charge is 0.262 e. The van der Waals surface area contributed by atoms with Gasteiger partial charge in [0.15, 0.2) is 0 Å². The summed E-state index contributed by atoms with van der Waals surface area (Å²) in [6, 6.07) is 7.77. The number of amidine groups is 1. The molecule has 1 amide bonds. The Hall–Kier alpha value is -2.36. The van der Waals surface area contributed by atoms with Gasteiger partial charge in [-0.2, -0.15) is 0 Å². The summed E-state index contributed by atoms with van der Waals surface area (Å²) < 4.78 is 0. The van der Waals surface area contributed by atoms with Gasteiger partial charge in [0.2, 0.25) is 0 Å². The number of rotatable bonds is 1. The third-order valence-electron chi connectivity index (χ3n) is 3.77. The summed E-state index contributed by atoms with van der Waals surface area (Å²) in [6.45, 7) is 4.62. The summed E-state index contributed by atoms with van der Waals surface area (Å²) in [5.74, 6) is 0.727. The van der Waals surface area contributed by atoms with Crippen LogP contribution >= 0.6 is 0 Å². The Labute approximate surface area is 118 Å². The van der Waals surface area contributed by atoms with Crippen LogP contribution in [0.15, 0.2) is 52.7 Å². The van der Waals surface area contributed by atoms with E-state index in [0.29, 0.717) is 12.1 Å². The lowest BCUT2D eigenvalue weighted by atomic mass is 10.1. The van der Waals surface area contributed by atoms with Crippen molar-refractivity contribution >= 4 is 23.1 Å². The van der Waals surface area contributed by atoms with Crippen molar-refractivity contribution in [1.29, 1.82) is 0 Å². The molecule has 20 heavy (non-hydrogen) atoms. The van der Waals surface area contributed by atoms with Crippen molar-refractivity contribution in [2.45, 2.75) is 13.8 Å². The summed E-state index contributed by atoms with van der Waals surface area (Å²) in [5, 5.41) is 0. The first-order valence-corrected chi connectivity index (χ1v) is 6.75. The number of hydrogen-bond acceptors (Lipinski definition) is 3. The molecule has 0 spiro atoms. The van der Waals surface area contributed by atoms with Crippen molar-refractivity contribution in [2.24, 2.45) is 4.99 Å². The SMILES string of the molecule is CCN1C(=O)C2=CC=C(C)N(C)C2=Nc2ccccc21. The molecular weight excluding hydrogens is 250 g/mol. The Morgan fingerprint density at radius 2 is 1.95 bits per heavy atom. The van der Waals surface area contributed by atoms with Gasteiger partial charge in [-0.3, -0.25) is 4.79 Å². The number of anilines is 1. The van der Waals surface area contributed by atoms with E-state index in [1.165, 1.54) is 0 Å². The van der Waals surface area contributed by atoms with Gasteiger partial charge in [-0.05, 0) is 38.1 Å².